The van der Waals surface area contributed by atoms with Crippen LogP contribution in [-0.4, -0.2) is 23.1 Å². The Balaban J connectivity index is 2.19. The fourth-order valence-electron chi connectivity index (χ4n) is 1.97. The van der Waals surface area contributed by atoms with Crippen LogP contribution < -0.4 is 10.6 Å². The first-order valence-electron chi connectivity index (χ1n) is 6.45. The summed E-state index contributed by atoms with van der Waals surface area (Å²) in [4.78, 5) is 6.38. The molecule has 21 heavy (non-hydrogen) atoms. The number of pyridine rings is 1. The molecule has 0 bridgehead atoms. The van der Waals surface area contributed by atoms with Gasteiger partial charge in [0.1, 0.15) is 5.82 Å². The maximum Gasteiger partial charge on any atom is 0.171 e. The van der Waals surface area contributed by atoms with Gasteiger partial charge < -0.3 is 15.8 Å². The molecule has 0 aliphatic carbocycles. The second kappa shape index (κ2) is 6.45. The smallest absolute Gasteiger partial charge is 0.171 e. The van der Waals surface area contributed by atoms with Crippen molar-refractivity contribution >= 4 is 23.3 Å². The van der Waals surface area contributed by atoms with Crippen molar-refractivity contribution in [1.29, 1.82) is 0 Å². The molecule has 1 heterocycles. The zero-order valence-electron chi connectivity index (χ0n) is 11.9. The van der Waals surface area contributed by atoms with E-state index in [0.717, 1.165) is 16.4 Å². The molecule has 1 aromatic heterocycles. The molecule has 1 unspecified atom stereocenters. The van der Waals surface area contributed by atoms with E-state index in [9.17, 15) is 0 Å². The molecule has 3 N–H and O–H groups in total. The topological polar surface area (TPSA) is 74.7 Å². The number of hydrogen-bond acceptors (Lipinski definition) is 4. The average Bonchev–Trinajstić information content (AvgIpc) is 2.53. The number of aromatic nitrogens is 1. The van der Waals surface area contributed by atoms with Crippen molar-refractivity contribution in [3.8, 4) is 0 Å². The van der Waals surface area contributed by atoms with E-state index in [2.05, 4.69) is 17.1 Å². The maximum absolute atomic E-state index is 8.64. The normalized spacial score (nSPS) is 13.0. The lowest BCUT2D eigenvalue weighted by molar-refractivity contribution is 0.318. The number of benzene rings is 1. The highest BCUT2D eigenvalue weighted by molar-refractivity contribution is 6.30. The highest BCUT2D eigenvalue weighted by Gasteiger charge is 2.13. The van der Waals surface area contributed by atoms with Crippen molar-refractivity contribution in [2.24, 2.45) is 10.9 Å². The van der Waals surface area contributed by atoms with Crippen LogP contribution in [-0.2, 0) is 0 Å². The van der Waals surface area contributed by atoms with Crippen molar-refractivity contribution < 1.29 is 5.21 Å². The lowest BCUT2D eigenvalue weighted by Gasteiger charge is -2.26. The Bertz CT molecular complexity index is 625. The van der Waals surface area contributed by atoms with Crippen molar-refractivity contribution in [3.63, 3.8) is 0 Å². The van der Waals surface area contributed by atoms with E-state index in [1.54, 1.807) is 12.3 Å². The molecule has 2 rings (SSSR count). The van der Waals surface area contributed by atoms with E-state index in [4.69, 9.17) is 22.5 Å². The number of oxime groups is 1. The molecule has 1 atom stereocenters. The van der Waals surface area contributed by atoms with Gasteiger partial charge in [0, 0.05) is 23.8 Å². The second-order valence-electron chi connectivity index (χ2n) is 4.73. The molecule has 0 saturated carbocycles. The summed E-state index contributed by atoms with van der Waals surface area (Å²) in [6.07, 6.45) is 1.58. The first-order chi connectivity index (χ1) is 10.0. The summed E-state index contributed by atoms with van der Waals surface area (Å²) in [7, 11) is 1.96. The molecular weight excluding hydrogens is 288 g/mol. The molecular formula is C15H17ClN4O. The van der Waals surface area contributed by atoms with E-state index >= 15 is 0 Å². The molecule has 2 aromatic rings. The molecule has 110 valence electrons. The number of rotatable bonds is 4. The van der Waals surface area contributed by atoms with E-state index in [1.807, 2.05) is 42.3 Å². The van der Waals surface area contributed by atoms with Gasteiger partial charge in [-0.25, -0.2) is 4.98 Å². The van der Waals surface area contributed by atoms with Crippen LogP contribution in [0.1, 0.15) is 24.1 Å². The predicted octanol–water partition coefficient (Wildman–Crippen LogP) is 3.03. The fourth-order valence-corrected chi connectivity index (χ4v) is 2.09. The van der Waals surface area contributed by atoms with Gasteiger partial charge in [-0.1, -0.05) is 28.9 Å². The van der Waals surface area contributed by atoms with E-state index in [0.29, 0.717) is 5.56 Å². The third-order valence-electron chi connectivity index (χ3n) is 3.45. The molecule has 0 amide bonds. The second-order valence-corrected chi connectivity index (χ2v) is 5.17. The summed E-state index contributed by atoms with van der Waals surface area (Å²) < 4.78 is 0. The van der Waals surface area contributed by atoms with Crippen LogP contribution in [0.4, 0.5) is 5.82 Å². The summed E-state index contributed by atoms with van der Waals surface area (Å²) in [5.41, 5.74) is 7.24. The summed E-state index contributed by atoms with van der Waals surface area (Å²) in [6, 6.07) is 11.5. The fraction of sp³-hybridized carbons (Fsp3) is 0.200. The van der Waals surface area contributed by atoms with Gasteiger partial charge in [0.05, 0.1) is 6.04 Å². The minimum atomic E-state index is 0.0439. The average molecular weight is 305 g/mol. The maximum atomic E-state index is 8.64. The Kier molecular flexibility index (Phi) is 4.65. The Morgan fingerprint density at radius 2 is 1.95 bits per heavy atom. The van der Waals surface area contributed by atoms with Crippen LogP contribution in [0.3, 0.4) is 0 Å². The molecule has 0 aliphatic heterocycles. The first kappa shape index (κ1) is 15.1. The van der Waals surface area contributed by atoms with Gasteiger partial charge in [-0.05, 0) is 36.8 Å². The number of nitrogens with two attached hydrogens (primary N) is 1. The first-order valence-corrected chi connectivity index (χ1v) is 6.83. The lowest BCUT2D eigenvalue weighted by Crippen LogP contribution is -2.23. The zero-order chi connectivity index (χ0) is 15.4. The van der Waals surface area contributed by atoms with Crippen molar-refractivity contribution in [2.45, 2.75) is 13.0 Å². The van der Waals surface area contributed by atoms with Gasteiger partial charge in [-0.15, -0.1) is 0 Å². The summed E-state index contributed by atoms with van der Waals surface area (Å²) in [5, 5.41) is 12.3. The Morgan fingerprint density at radius 3 is 2.48 bits per heavy atom. The third-order valence-corrected chi connectivity index (χ3v) is 3.70. The van der Waals surface area contributed by atoms with E-state index < -0.39 is 0 Å². The zero-order valence-corrected chi connectivity index (χ0v) is 12.6. The van der Waals surface area contributed by atoms with E-state index in [-0.39, 0.29) is 11.9 Å². The molecule has 5 nitrogen and oxygen atoms in total. The Hall–Kier alpha value is -2.27. The van der Waals surface area contributed by atoms with Crippen LogP contribution in [0.2, 0.25) is 5.02 Å². The predicted molar refractivity (Wildman–Crippen MR) is 85.0 cm³/mol. The molecule has 0 radical (unpaired) electrons. The minimum Gasteiger partial charge on any atom is -0.409 e. The van der Waals surface area contributed by atoms with Crippen molar-refractivity contribution in [2.75, 3.05) is 11.9 Å². The minimum absolute atomic E-state index is 0.0439. The quantitative estimate of drug-likeness (QED) is 0.394. The SMILES string of the molecule is CC(c1ccc(Cl)cc1)N(C)c1ccc(C(N)=NO)cn1. The van der Waals surface area contributed by atoms with Gasteiger partial charge in [0.2, 0.25) is 0 Å². The van der Waals surface area contributed by atoms with Gasteiger partial charge in [0.25, 0.3) is 0 Å². The Labute approximate surface area is 128 Å². The molecule has 0 spiro atoms. The monoisotopic (exact) mass is 304 g/mol. The van der Waals surface area contributed by atoms with Crippen LogP contribution in [0.25, 0.3) is 0 Å². The molecule has 0 aliphatic rings. The summed E-state index contributed by atoms with van der Waals surface area (Å²) >= 11 is 5.90. The van der Waals surface area contributed by atoms with Crippen LogP contribution >= 0.6 is 11.6 Å². The van der Waals surface area contributed by atoms with Gasteiger partial charge in [-0.3, -0.25) is 0 Å². The standard InChI is InChI=1S/C15H17ClN4O/c1-10(11-3-6-13(16)7-4-11)20(2)14-8-5-12(9-18-14)15(17)19-21/h3-10,21H,1-2H3,(H2,17,19). The molecule has 1 aromatic carbocycles. The van der Waals surface area contributed by atoms with E-state index in [1.165, 1.54) is 0 Å². The number of amidine groups is 1. The highest BCUT2D eigenvalue weighted by Crippen LogP contribution is 2.24. The Morgan fingerprint density at radius 1 is 1.29 bits per heavy atom. The van der Waals surface area contributed by atoms with Gasteiger partial charge in [0.15, 0.2) is 5.84 Å². The lowest BCUT2D eigenvalue weighted by atomic mass is 10.1. The third kappa shape index (κ3) is 3.44. The van der Waals surface area contributed by atoms with Crippen LogP contribution in [0.15, 0.2) is 47.8 Å². The van der Waals surface area contributed by atoms with Crippen LogP contribution in [0.5, 0.6) is 0 Å². The number of hydrogen-bond donors (Lipinski definition) is 2. The van der Waals surface area contributed by atoms with Gasteiger partial charge >= 0.3 is 0 Å². The highest BCUT2D eigenvalue weighted by atomic mass is 35.5. The summed E-state index contributed by atoms with van der Waals surface area (Å²) in [5.74, 6) is 0.842. The van der Waals surface area contributed by atoms with Gasteiger partial charge in [-0.2, -0.15) is 0 Å². The largest absolute Gasteiger partial charge is 0.409 e. The number of nitrogens with zero attached hydrogens (tertiary/aromatic N) is 3. The molecule has 0 fully saturated rings. The number of anilines is 1. The summed E-state index contributed by atoms with van der Waals surface area (Å²) in [6.45, 7) is 2.09. The van der Waals surface area contributed by atoms with Crippen molar-refractivity contribution in [1.82, 2.24) is 4.98 Å². The molecule has 6 heteroatoms. The van der Waals surface area contributed by atoms with Crippen molar-refractivity contribution in [3.05, 3.63) is 58.7 Å². The molecule has 0 saturated heterocycles. The van der Waals surface area contributed by atoms with Crippen LogP contribution in [0, 0.1) is 0 Å². The number of halogens is 1.